The van der Waals surface area contributed by atoms with Crippen molar-refractivity contribution in [3.8, 4) is 0 Å². The number of hydrogen-bond donors (Lipinski definition) is 0. The Labute approximate surface area is 92.3 Å². The van der Waals surface area contributed by atoms with Crippen molar-refractivity contribution in [2.75, 3.05) is 13.1 Å². The van der Waals surface area contributed by atoms with Gasteiger partial charge in [0.15, 0.2) is 0 Å². The molecule has 1 amide bonds. The molecular formula is C9H12N6O. The number of azide groups is 1. The first-order chi connectivity index (χ1) is 7.72. The Kier molecular flexibility index (Phi) is 2.78. The second-order valence-electron chi connectivity index (χ2n) is 3.76. The molecule has 1 fully saturated rings. The fraction of sp³-hybridized carbons (Fsp3) is 0.556. The summed E-state index contributed by atoms with van der Waals surface area (Å²) in [5.41, 5.74) is 8.23. The first-order valence-electron chi connectivity index (χ1n) is 5.04. The lowest BCUT2D eigenvalue weighted by Crippen LogP contribution is -2.54. The van der Waals surface area contributed by atoms with E-state index < -0.39 is 0 Å². The molecule has 1 unspecified atom stereocenters. The molecule has 7 heteroatoms. The molecule has 16 heavy (non-hydrogen) atoms. The number of hydrogen-bond acceptors (Lipinski definition) is 3. The summed E-state index contributed by atoms with van der Waals surface area (Å²) < 4.78 is 1.61. The molecule has 84 valence electrons. The molecule has 2 heterocycles. The predicted octanol–water partition coefficient (Wildman–Crippen LogP) is 0.965. The van der Waals surface area contributed by atoms with Crippen LogP contribution in [0.2, 0.25) is 0 Å². The van der Waals surface area contributed by atoms with Gasteiger partial charge in [0.25, 0.3) is 0 Å². The van der Waals surface area contributed by atoms with Crippen molar-refractivity contribution >= 4 is 5.91 Å². The molecule has 0 radical (unpaired) electrons. The Morgan fingerprint density at radius 3 is 3.00 bits per heavy atom. The second kappa shape index (κ2) is 4.24. The molecule has 0 N–H and O–H groups in total. The van der Waals surface area contributed by atoms with Gasteiger partial charge >= 0.3 is 0 Å². The topological polar surface area (TPSA) is 86.9 Å². The van der Waals surface area contributed by atoms with Crippen molar-refractivity contribution in [3.63, 3.8) is 0 Å². The van der Waals surface area contributed by atoms with Gasteiger partial charge in [-0.25, -0.2) is 0 Å². The molecule has 2 rings (SSSR count). The molecule has 1 aromatic rings. The van der Waals surface area contributed by atoms with E-state index in [1.54, 1.807) is 35.0 Å². The van der Waals surface area contributed by atoms with Crippen LogP contribution in [0.5, 0.6) is 0 Å². The van der Waals surface area contributed by atoms with Gasteiger partial charge in [-0.05, 0) is 18.5 Å². The quantitative estimate of drug-likeness (QED) is 0.431. The molecule has 0 aromatic carbocycles. The fourth-order valence-corrected chi connectivity index (χ4v) is 1.67. The van der Waals surface area contributed by atoms with Crippen molar-refractivity contribution < 1.29 is 4.79 Å². The van der Waals surface area contributed by atoms with Crippen LogP contribution in [0.15, 0.2) is 23.6 Å². The Morgan fingerprint density at radius 2 is 2.44 bits per heavy atom. The fourth-order valence-electron chi connectivity index (χ4n) is 1.67. The standard InChI is InChI=1S/C9H12N6O/c1-7(15-4-2-3-11-15)9(16)14-5-8(6-14)12-13-10/h2-4,7-8H,5-6H2,1H3. The summed E-state index contributed by atoms with van der Waals surface area (Å²) in [7, 11) is 0. The van der Waals surface area contributed by atoms with Gasteiger partial charge in [-0.15, -0.1) is 0 Å². The minimum atomic E-state index is -0.304. The van der Waals surface area contributed by atoms with Crippen LogP contribution in [0.4, 0.5) is 0 Å². The van der Waals surface area contributed by atoms with Crippen LogP contribution in [0.1, 0.15) is 13.0 Å². The smallest absolute Gasteiger partial charge is 0.247 e. The van der Waals surface area contributed by atoms with Crippen molar-refractivity contribution in [1.82, 2.24) is 14.7 Å². The van der Waals surface area contributed by atoms with Gasteiger partial charge in [-0.3, -0.25) is 9.48 Å². The average molecular weight is 220 g/mol. The van der Waals surface area contributed by atoms with E-state index in [9.17, 15) is 4.79 Å². The van der Waals surface area contributed by atoms with Crippen molar-refractivity contribution in [1.29, 1.82) is 0 Å². The third-order valence-corrected chi connectivity index (χ3v) is 2.67. The van der Waals surface area contributed by atoms with Gasteiger partial charge in [-0.2, -0.15) is 5.10 Å². The highest BCUT2D eigenvalue weighted by atomic mass is 16.2. The Balaban J connectivity index is 1.93. The summed E-state index contributed by atoms with van der Waals surface area (Å²) in [6.07, 6.45) is 3.40. The maximum Gasteiger partial charge on any atom is 0.247 e. The van der Waals surface area contributed by atoms with Crippen molar-refractivity contribution in [2.24, 2.45) is 5.11 Å². The maximum absolute atomic E-state index is 11.9. The molecule has 1 saturated heterocycles. The van der Waals surface area contributed by atoms with Gasteiger partial charge in [-0.1, -0.05) is 5.11 Å². The zero-order valence-corrected chi connectivity index (χ0v) is 8.89. The molecular weight excluding hydrogens is 208 g/mol. The van der Waals surface area contributed by atoms with E-state index in [2.05, 4.69) is 15.1 Å². The third kappa shape index (κ3) is 1.85. The summed E-state index contributed by atoms with van der Waals surface area (Å²) in [4.78, 5) is 16.3. The maximum atomic E-state index is 11.9. The normalized spacial score (nSPS) is 17.4. The predicted molar refractivity (Wildman–Crippen MR) is 56.5 cm³/mol. The van der Waals surface area contributed by atoms with Crippen LogP contribution in [0.25, 0.3) is 10.4 Å². The van der Waals surface area contributed by atoms with Crippen LogP contribution in [-0.4, -0.2) is 39.7 Å². The molecule has 1 aromatic heterocycles. The van der Waals surface area contributed by atoms with E-state index in [1.165, 1.54) is 0 Å². The Hall–Kier alpha value is -2.01. The van der Waals surface area contributed by atoms with Crippen LogP contribution in [-0.2, 0) is 4.79 Å². The lowest BCUT2D eigenvalue weighted by molar-refractivity contribution is -0.138. The lowest BCUT2D eigenvalue weighted by atomic mass is 10.1. The number of aromatic nitrogens is 2. The van der Waals surface area contributed by atoms with E-state index in [4.69, 9.17) is 5.53 Å². The van der Waals surface area contributed by atoms with E-state index >= 15 is 0 Å². The number of amides is 1. The number of rotatable bonds is 3. The van der Waals surface area contributed by atoms with E-state index in [0.29, 0.717) is 13.1 Å². The SMILES string of the molecule is CC(C(=O)N1CC(N=[N+]=[N-])C1)n1cccn1. The average Bonchev–Trinajstić information content (AvgIpc) is 2.74. The van der Waals surface area contributed by atoms with Crippen molar-refractivity contribution in [3.05, 3.63) is 28.9 Å². The third-order valence-electron chi connectivity index (χ3n) is 2.67. The molecule has 1 aliphatic heterocycles. The zero-order chi connectivity index (χ0) is 11.5. The minimum absolute atomic E-state index is 0.00749. The van der Waals surface area contributed by atoms with Gasteiger partial charge in [0, 0.05) is 30.4 Å². The highest BCUT2D eigenvalue weighted by Crippen LogP contribution is 2.17. The van der Waals surface area contributed by atoms with Crippen LogP contribution in [0, 0.1) is 0 Å². The van der Waals surface area contributed by atoms with Gasteiger partial charge in [0.2, 0.25) is 5.91 Å². The Bertz CT molecular complexity index is 415. The summed E-state index contributed by atoms with van der Waals surface area (Å²) in [5.74, 6) is 0.00749. The van der Waals surface area contributed by atoms with Crippen LogP contribution < -0.4 is 0 Å². The Morgan fingerprint density at radius 1 is 1.69 bits per heavy atom. The van der Waals surface area contributed by atoms with Crippen molar-refractivity contribution in [2.45, 2.75) is 19.0 Å². The molecule has 0 saturated carbocycles. The largest absolute Gasteiger partial charge is 0.340 e. The summed E-state index contributed by atoms with van der Waals surface area (Å²) in [6, 6.07) is 1.41. The molecule has 0 bridgehead atoms. The highest BCUT2D eigenvalue weighted by Gasteiger charge is 2.32. The van der Waals surface area contributed by atoms with Gasteiger partial charge < -0.3 is 4.90 Å². The number of carbonyl (C=O) groups is 1. The van der Waals surface area contributed by atoms with Gasteiger partial charge in [0.1, 0.15) is 6.04 Å². The molecule has 1 atom stereocenters. The minimum Gasteiger partial charge on any atom is -0.340 e. The summed E-state index contributed by atoms with van der Waals surface area (Å²) in [6.45, 7) is 2.82. The highest BCUT2D eigenvalue weighted by molar-refractivity contribution is 5.80. The zero-order valence-electron chi connectivity index (χ0n) is 8.89. The lowest BCUT2D eigenvalue weighted by Gasteiger charge is -2.38. The number of nitrogens with zero attached hydrogens (tertiary/aromatic N) is 6. The summed E-state index contributed by atoms with van der Waals surface area (Å²) >= 11 is 0. The monoisotopic (exact) mass is 220 g/mol. The van der Waals surface area contributed by atoms with Gasteiger partial charge in [0.05, 0.1) is 6.04 Å². The van der Waals surface area contributed by atoms with Crippen LogP contribution >= 0.6 is 0 Å². The van der Waals surface area contributed by atoms with E-state index in [-0.39, 0.29) is 18.0 Å². The summed E-state index contributed by atoms with van der Waals surface area (Å²) in [5, 5.41) is 7.57. The number of likely N-dealkylation sites (tertiary alicyclic amines) is 1. The molecule has 1 aliphatic rings. The first-order valence-corrected chi connectivity index (χ1v) is 5.04. The van der Waals surface area contributed by atoms with E-state index in [1.807, 2.05) is 0 Å². The molecule has 0 aliphatic carbocycles. The van der Waals surface area contributed by atoms with E-state index in [0.717, 1.165) is 0 Å². The molecule has 0 spiro atoms. The molecule has 7 nitrogen and oxygen atoms in total. The second-order valence-corrected chi connectivity index (χ2v) is 3.76. The number of carbonyl (C=O) groups excluding carboxylic acids is 1. The first kappa shape index (κ1) is 10.5. The van der Waals surface area contributed by atoms with Crippen LogP contribution in [0.3, 0.4) is 0 Å².